The van der Waals surface area contributed by atoms with Crippen LogP contribution in [0.3, 0.4) is 0 Å². The van der Waals surface area contributed by atoms with Crippen molar-refractivity contribution < 1.29 is 9.53 Å². The van der Waals surface area contributed by atoms with Crippen LogP contribution in [0.25, 0.3) is 0 Å². The highest BCUT2D eigenvalue weighted by molar-refractivity contribution is 5.73. The fraction of sp³-hybridized carbons (Fsp3) is 0.727. The maximum atomic E-state index is 11.6. The molecule has 0 aliphatic heterocycles. The van der Waals surface area contributed by atoms with E-state index < -0.39 is 0 Å². The van der Waals surface area contributed by atoms with Crippen molar-refractivity contribution in [2.45, 2.75) is 39.7 Å². The number of carbonyl (C=O) groups is 1. The Morgan fingerprint density at radius 2 is 2.00 bits per heavy atom. The summed E-state index contributed by atoms with van der Waals surface area (Å²) in [4.78, 5) is 11.6. The monoisotopic (exact) mass is 182 g/mol. The summed E-state index contributed by atoms with van der Waals surface area (Å²) in [5, 5.41) is 0. The zero-order valence-corrected chi connectivity index (χ0v) is 8.62. The molecule has 0 unspecified atom stereocenters. The molecule has 74 valence electrons. The average Bonchev–Trinajstić information content (AvgIpc) is 2.03. The zero-order chi connectivity index (χ0) is 9.84. The third-order valence-electron chi connectivity index (χ3n) is 2.41. The Morgan fingerprint density at radius 3 is 2.54 bits per heavy atom. The van der Waals surface area contributed by atoms with Crippen molar-refractivity contribution in [2.75, 3.05) is 0 Å². The van der Waals surface area contributed by atoms with E-state index in [1.807, 2.05) is 13.8 Å². The molecule has 1 aliphatic rings. The molecule has 0 spiro atoms. The van der Waals surface area contributed by atoms with Crippen molar-refractivity contribution in [3.8, 4) is 0 Å². The van der Waals surface area contributed by atoms with Gasteiger partial charge in [0.25, 0.3) is 0 Å². The van der Waals surface area contributed by atoms with Crippen molar-refractivity contribution >= 4 is 5.97 Å². The number of hydrogen-bond acceptors (Lipinski definition) is 2. The van der Waals surface area contributed by atoms with E-state index in [9.17, 15) is 4.79 Å². The van der Waals surface area contributed by atoms with Crippen LogP contribution in [-0.2, 0) is 9.53 Å². The molecule has 0 saturated carbocycles. The first-order valence-electron chi connectivity index (χ1n) is 4.96. The van der Waals surface area contributed by atoms with Crippen LogP contribution in [-0.4, -0.2) is 12.1 Å². The lowest BCUT2D eigenvalue weighted by atomic mass is 9.84. The highest BCUT2D eigenvalue weighted by Gasteiger charge is 2.27. The highest BCUT2D eigenvalue weighted by atomic mass is 16.5. The fourth-order valence-electron chi connectivity index (χ4n) is 1.60. The van der Waals surface area contributed by atoms with Crippen molar-refractivity contribution in [3.63, 3.8) is 0 Å². The molecule has 1 rings (SSSR count). The highest BCUT2D eigenvalue weighted by Crippen LogP contribution is 2.26. The first kappa shape index (κ1) is 10.3. The molecule has 0 heterocycles. The summed E-state index contributed by atoms with van der Waals surface area (Å²) in [5.41, 5.74) is 0. The van der Waals surface area contributed by atoms with Gasteiger partial charge in [-0.15, -0.1) is 0 Å². The van der Waals surface area contributed by atoms with Crippen LogP contribution in [0.4, 0.5) is 0 Å². The van der Waals surface area contributed by atoms with Gasteiger partial charge < -0.3 is 4.74 Å². The summed E-state index contributed by atoms with van der Waals surface area (Å²) in [6.07, 6.45) is 6.06. The molecule has 0 aromatic heterocycles. The van der Waals surface area contributed by atoms with Crippen LogP contribution in [0.5, 0.6) is 0 Å². The van der Waals surface area contributed by atoms with Crippen molar-refractivity contribution in [1.82, 2.24) is 0 Å². The molecule has 0 bridgehead atoms. The summed E-state index contributed by atoms with van der Waals surface area (Å²) >= 11 is 0. The van der Waals surface area contributed by atoms with E-state index in [4.69, 9.17) is 4.74 Å². The van der Waals surface area contributed by atoms with Gasteiger partial charge in [0.15, 0.2) is 0 Å². The molecule has 0 saturated heterocycles. The van der Waals surface area contributed by atoms with Gasteiger partial charge >= 0.3 is 5.97 Å². The number of esters is 1. The van der Waals surface area contributed by atoms with Crippen LogP contribution in [0, 0.1) is 11.8 Å². The Morgan fingerprint density at radius 1 is 1.38 bits per heavy atom. The number of ether oxygens (including phenoxy) is 1. The Bertz CT molecular complexity index is 206. The molecular formula is C11H18O2. The van der Waals surface area contributed by atoms with Gasteiger partial charge in [-0.05, 0) is 32.6 Å². The first-order chi connectivity index (χ1) is 6.11. The maximum absolute atomic E-state index is 11.6. The molecule has 0 aromatic carbocycles. The predicted octanol–water partition coefficient (Wildman–Crippen LogP) is 2.54. The lowest BCUT2D eigenvalue weighted by Gasteiger charge is -2.24. The fourth-order valence-corrected chi connectivity index (χ4v) is 1.60. The molecule has 2 heteroatoms. The molecule has 0 aromatic rings. The summed E-state index contributed by atoms with van der Waals surface area (Å²) < 4.78 is 5.19. The quantitative estimate of drug-likeness (QED) is 0.484. The number of carbonyl (C=O) groups excluding carboxylic acids is 1. The topological polar surface area (TPSA) is 26.3 Å². The van der Waals surface area contributed by atoms with E-state index in [0.29, 0.717) is 5.92 Å². The largest absolute Gasteiger partial charge is 0.463 e. The Labute approximate surface area is 80.0 Å². The van der Waals surface area contributed by atoms with Crippen LogP contribution in [0.1, 0.15) is 33.6 Å². The van der Waals surface area contributed by atoms with E-state index >= 15 is 0 Å². The smallest absolute Gasteiger partial charge is 0.309 e. The summed E-state index contributed by atoms with van der Waals surface area (Å²) in [5.74, 6) is 0.468. The minimum Gasteiger partial charge on any atom is -0.463 e. The lowest BCUT2D eigenvalue weighted by Crippen LogP contribution is -2.27. The van der Waals surface area contributed by atoms with E-state index in [0.717, 1.165) is 12.8 Å². The third kappa shape index (κ3) is 2.87. The minimum atomic E-state index is -0.0353. The van der Waals surface area contributed by atoms with Crippen molar-refractivity contribution in [2.24, 2.45) is 11.8 Å². The molecule has 0 radical (unpaired) electrons. The molecule has 2 atom stereocenters. The lowest BCUT2D eigenvalue weighted by molar-refractivity contribution is -0.154. The van der Waals surface area contributed by atoms with Crippen LogP contribution < -0.4 is 0 Å². The van der Waals surface area contributed by atoms with Crippen molar-refractivity contribution in [3.05, 3.63) is 12.2 Å². The summed E-state index contributed by atoms with van der Waals surface area (Å²) in [6, 6.07) is 0. The molecule has 2 nitrogen and oxygen atoms in total. The second-order valence-corrected chi connectivity index (χ2v) is 4.01. The summed E-state index contributed by atoms with van der Waals surface area (Å²) in [7, 11) is 0. The van der Waals surface area contributed by atoms with E-state index in [1.54, 1.807) is 0 Å². The average molecular weight is 182 g/mol. The molecular weight excluding hydrogens is 164 g/mol. The maximum Gasteiger partial charge on any atom is 0.309 e. The Kier molecular flexibility index (Phi) is 3.52. The molecule has 0 amide bonds. The second kappa shape index (κ2) is 4.45. The third-order valence-corrected chi connectivity index (χ3v) is 2.41. The van der Waals surface area contributed by atoms with Gasteiger partial charge in [0.2, 0.25) is 0 Å². The number of rotatable bonds is 2. The normalized spacial score (nSPS) is 27.7. The second-order valence-electron chi connectivity index (χ2n) is 4.01. The SMILES string of the molecule is CC(C)OC(=O)[C@@H]1CC=CC[C@H]1C. The van der Waals surface area contributed by atoms with Crippen LogP contribution in [0.2, 0.25) is 0 Å². The molecule has 0 fully saturated rings. The Balaban J connectivity index is 2.50. The van der Waals surface area contributed by atoms with Gasteiger partial charge in [-0.2, -0.15) is 0 Å². The molecule has 0 N–H and O–H groups in total. The van der Waals surface area contributed by atoms with Gasteiger partial charge in [0.1, 0.15) is 0 Å². The predicted molar refractivity (Wildman–Crippen MR) is 52.3 cm³/mol. The number of allylic oxidation sites excluding steroid dienone is 2. The first-order valence-corrected chi connectivity index (χ1v) is 4.96. The standard InChI is InChI=1S/C11H18O2/c1-8(2)13-11(12)10-7-5-4-6-9(10)3/h4-5,8-10H,6-7H2,1-3H3/t9-,10-/m1/s1. The molecule has 13 heavy (non-hydrogen) atoms. The molecule has 1 aliphatic carbocycles. The number of hydrogen-bond donors (Lipinski definition) is 0. The Hall–Kier alpha value is -0.790. The van der Waals surface area contributed by atoms with E-state index in [-0.39, 0.29) is 18.0 Å². The van der Waals surface area contributed by atoms with Crippen LogP contribution >= 0.6 is 0 Å². The zero-order valence-electron chi connectivity index (χ0n) is 8.62. The van der Waals surface area contributed by atoms with Gasteiger partial charge in [0, 0.05) is 0 Å². The van der Waals surface area contributed by atoms with Gasteiger partial charge in [0.05, 0.1) is 12.0 Å². The van der Waals surface area contributed by atoms with Gasteiger partial charge in [-0.1, -0.05) is 19.1 Å². The van der Waals surface area contributed by atoms with E-state index in [2.05, 4.69) is 19.1 Å². The van der Waals surface area contributed by atoms with Gasteiger partial charge in [-0.25, -0.2) is 0 Å². The minimum absolute atomic E-state index is 0.00519. The summed E-state index contributed by atoms with van der Waals surface area (Å²) in [6.45, 7) is 5.89. The van der Waals surface area contributed by atoms with Crippen LogP contribution in [0.15, 0.2) is 12.2 Å². The van der Waals surface area contributed by atoms with Gasteiger partial charge in [-0.3, -0.25) is 4.79 Å². The van der Waals surface area contributed by atoms with Crippen molar-refractivity contribution in [1.29, 1.82) is 0 Å². The van der Waals surface area contributed by atoms with E-state index in [1.165, 1.54) is 0 Å².